The quantitative estimate of drug-likeness (QED) is 0.322. The molecule has 1 aromatic heterocycles. The van der Waals surface area contributed by atoms with Gasteiger partial charge in [0.25, 0.3) is 0 Å². The number of para-hydroxylation sites is 1. The largest absolute Gasteiger partial charge is 0.444 e. The first-order chi connectivity index (χ1) is 23.5. The van der Waals surface area contributed by atoms with Gasteiger partial charge in [0.2, 0.25) is 11.8 Å². The van der Waals surface area contributed by atoms with E-state index in [1.54, 1.807) is 66.8 Å². The van der Waals surface area contributed by atoms with E-state index in [9.17, 15) is 32.3 Å². The minimum atomic E-state index is -4.69. The van der Waals surface area contributed by atoms with E-state index in [0.717, 1.165) is 17.0 Å². The van der Waals surface area contributed by atoms with Gasteiger partial charge in [-0.05, 0) is 72.7 Å². The lowest BCUT2D eigenvalue weighted by Crippen LogP contribution is -2.53. The van der Waals surface area contributed by atoms with Crippen LogP contribution in [-0.2, 0) is 25.2 Å². The summed E-state index contributed by atoms with van der Waals surface area (Å²) in [7, 11) is 3.08. The van der Waals surface area contributed by atoms with Crippen molar-refractivity contribution in [3.63, 3.8) is 0 Å². The van der Waals surface area contributed by atoms with E-state index < -0.39 is 58.9 Å². The lowest BCUT2D eigenvalue weighted by atomic mass is 9.95. The Balaban J connectivity index is 1.69. The van der Waals surface area contributed by atoms with Gasteiger partial charge in [0, 0.05) is 64.9 Å². The molecule has 0 unspecified atom stereocenters. The van der Waals surface area contributed by atoms with Crippen LogP contribution in [0.3, 0.4) is 0 Å². The maximum Gasteiger partial charge on any atom is 0.416 e. The minimum Gasteiger partial charge on any atom is -0.444 e. The fourth-order valence-corrected chi connectivity index (χ4v) is 6.32. The lowest BCUT2D eigenvalue weighted by molar-refractivity contribution is -0.137. The molecule has 0 spiro atoms. The molecule has 2 aliphatic rings. The van der Waals surface area contributed by atoms with Crippen LogP contribution in [-0.4, -0.2) is 103 Å². The van der Waals surface area contributed by atoms with E-state index in [4.69, 9.17) is 21.1 Å². The Labute approximate surface area is 301 Å². The summed E-state index contributed by atoms with van der Waals surface area (Å²) in [6.45, 7) is 12.4. The number of carbonyl (C=O) groups is 4. The van der Waals surface area contributed by atoms with Crippen LogP contribution in [0.5, 0.6) is 0 Å². The number of alkyl halides is 3. The van der Waals surface area contributed by atoms with Gasteiger partial charge in [0.05, 0.1) is 22.0 Å². The van der Waals surface area contributed by atoms with Crippen molar-refractivity contribution in [3.8, 4) is 0 Å². The molecule has 51 heavy (non-hydrogen) atoms. The third kappa shape index (κ3) is 9.54. The van der Waals surface area contributed by atoms with Gasteiger partial charge in [-0.2, -0.15) is 13.2 Å². The first-order valence-corrected chi connectivity index (χ1v) is 17.0. The van der Waals surface area contributed by atoms with Crippen LogP contribution in [0, 0.1) is 12.8 Å². The first kappa shape index (κ1) is 39.5. The van der Waals surface area contributed by atoms with Gasteiger partial charge in [-0.25, -0.2) is 14.6 Å². The summed E-state index contributed by atoms with van der Waals surface area (Å²) < 4.78 is 52.5. The Kier molecular flexibility index (Phi) is 11.4. The Morgan fingerprint density at radius 1 is 0.980 bits per heavy atom. The highest BCUT2D eigenvalue weighted by Gasteiger charge is 2.49. The molecular weight excluding hydrogens is 693 g/mol. The normalized spacial score (nSPS) is 18.2. The summed E-state index contributed by atoms with van der Waals surface area (Å²) in [6.07, 6.45) is -6.02. The molecule has 0 radical (unpaired) electrons. The molecule has 3 heterocycles. The zero-order valence-corrected chi connectivity index (χ0v) is 31.2. The molecule has 12 nitrogen and oxygen atoms in total. The van der Waals surface area contributed by atoms with Crippen molar-refractivity contribution in [2.75, 3.05) is 61.5 Å². The topological polar surface area (TPSA) is 116 Å². The molecule has 2 aromatic rings. The molecule has 2 aliphatic heterocycles. The average Bonchev–Trinajstić information content (AvgIpc) is 3.31. The number of pyridine rings is 1. The second-order valence-electron chi connectivity index (χ2n) is 14.8. The van der Waals surface area contributed by atoms with Crippen LogP contribution in [0.15, 0.2) is 30.3 Å². The Morgan fingerprint density at radius 2 is 1.61 bits per heavy atom. The fourth-order valence-electron chi connectivity index (χ4n) is 6.03. The third-order valence-corrected chi connectivity index (χ3v) is 8.63. The number of ether oxygens (including phenoxy) is 2. The molecule has 1 saturated heterocycles. The number of benzene rings is 1. The number of anilines is 3. The molecule has 1 fully saturated rings. The lowest BCUT2D eigenvalue weighted by Gasteiger charge is -2.40. The van der Waals surface area contributed by atoms with Crippen molar-refractivity contribution in [1.82, 2.24) is 14.8 Å². The van der Waals surface area contributed by atoms with Gasteiger partial charge in [0.15, 0.2) is 0 Å². The zero-order valence-electron chi connectivity index (χ0n) is 30.4. The van der Waals surface area contributed by atoms with Gasteiger partial charge >= 0.3 is 18.4 Å². The highest BCUT2D eigenvalue weighted by atomic mass is 35.5. The molecular formula is C35H46ClF3N6O6. The summed E-state index contributed by atoms with van der Waals surface area (Å²) >= 11 is 6.77. The maximum atomic E-state index is 14.1. The number of hydrogen-bond acceptors (Lipinski definition) is 8. The fraction of sp³-hybridized carbons (Fsp3) is 0.571. The number of aryl methyl sites for hydroxylation is 1. The molecule has 4 amide bonds. The van der Waals surface area contributed by atoms with Crippen LogP contribution in [0.4, 0.5) is 40.0 Å². The monoisotopic (exact) mass is 738 g/mol. The molecule has 2 atom stereocenters. The van der Waals surface area contributed by atoms with Crippen molar-refractivity contribution >= 4 is 52.8 Å². The van der Waals surface area contributed by atoms with E-state index in [1.165, 1.54) is 28.7 Å². The van der Waals surface area contributed by atoms with E-state index >= 15 is 0 Å². The van der Waals surface area contributed by atoms with Crippen molar-refractivity contribution in [2.24, 2.45) is 5.92 Å². The number of aromatic nitrogens is 1. The smallest absolute Gasteiger partial charge is 0.416 e. The highest BCUT2D eigenvalue weighted by Crippen LogP contribution is 2.43. The number of nitrogens with zero attached hydrogens (tertiary/aromatic N) is 6. The maximum absolute atomic E-state index is 14.1. The van der Waals surface area contributed by atoms with Gasteiger partial charge in [-0.3, -0.25) is 14.5 Å². The standard InChI is InChI=1S/C35H46ClF3N6O6/c1-21-17-23(35(37,38)39)19-26(40-21)45-27(46)18-22-20-44(29-24(36)11-10-12-25(29)42(9)30(47)28(22)45)16-15-43(32(49)51-34(5,6)7)14-13-41(8)31(48)50-33(2,3)4/h10-12,17,19,22,28H,13-16,18,20H2,1-9H3/t22-,28+/m1/s1. The Morgan fingerprint density at radius 3 is 2.22 bits per heavy atom. The van der Waals surface area contributed by atoms with Gasteiger partial charge in [-0.1, -0.05) is 17.7 Å². The molecule has 1 aromatic carbocycles. The molecule has 16 heteroatoms. The summed E-state index contributed by atoms with van der Waals surface area (Å²) in [4.78, 5) is 65.2. The SMILES string of the molecule is Cc1cc(C(F)(F)F)cc(N2C(=O)C[C@@H]3CN(CCN(CCN(C)C(=O)OC(C)(C)C)C(=O)OC(C)(C)C)c4c(Cl)cccc4N(C)C(=O)[C@H]32)n1. The predicted octanol–water partition coefficient (Wildman–Crippen LogP) is 6.37. The Hall–Kier alpha value is -4.27. The highest BCUT2D eigenvalue weighted by molar-refractivity contribution is 6.34. The molecule has 0 aliphatic carbocycles. The van der Waals surface area contributed by atoms with E-state index in [-0.39, 0.29) is 50.7 Å². The van der Waals surface area contributed by atoms with Crippen molar-refractivity contribution in [2.45, 2.75) is 78.3 Å². The molecule has 4 rings (SSSR count). The zero-order chi connectivity index (χ0) is 38.2. The van der Waals surface area contributed by atoms with Crippen molar-refractivity contribution in [3.05, 3.63) is 46.6 Å². The summed E-state index contributed by atoms with van der Waals surface area (Å²) in [5.41, 5.74) is -1.57. The average molecular weight is 739 g/mol. The number of fused-ring (bicyclic) bond motifs is 2. The number of hydrogen-bond donors (Lipinski definition) is 0. The van der Waals surface area contributed by atoms with E-state index in [1.807, 2.05) is 4.90 Å². The number of halogens is 4. The van der Waals surface area contributed by atoms with Crippen LogP contribution >= 0.6 is 11.6 Å². The van der Waals surface area contributed by atoms with Crippen LogP contribution in [0.25, 0.3) is 0 Å². The summed E-state index contributed by atoms with van der Waals surface area (Å²) in [5, 5.41) is 0.315. The van der Waals surface area contributed by atoms with Crippen LogP contribution < -0.4 is 14.7 Å². The number of rotatable bonds is 7. The Bertz CT molecular complexity index is 1660. The van der Waals surface area contributed by atoms with E-state index in [2.05, 4.69) is 4.98 Å². The third-order valence-electron chi connectivity index (χ3n) is 8.33. The van der Waals surface area contributed by atoms with E-state index in [0.29, 0.717) is 16.4 Å². The molecule has 0 N–H and O–H groups in total. The predicted molar refractivity (Wildman–Crippen MR) is 187 cm³/mol. The summed E-state index contributed by atoms with van der Waals surface area (Å²) in [6, 6.07) is 5.51. The summed E-state index contributed by atoms with van der Waals surface area (Å²) in [5.74, 6) is -1.99. The number of amides is 4. The van der Waals surface area contributed by atoms with Crippen molar-refractivity contribution in [1.29, 1.82) is 0 Å². The van der Waals surface area contributed by atoms with Crippen molar-refractivity contribution < 1.29 is 41.8 Å². The van der Waals surface area contributed by atoms with Crippen LogP contribution in [0.1, 0.15) is 59.2 Å². The molecule has 0 bridgehead atoms. The van der Waals surface area contributed by atoms with Gasteiger partial charge in [0.1, 0.15) is 23.1 Å². The molecule has 280 valence electrons. The van der Waals surface area contributed by atoms with Gasteiger partial charge < -0.3 is 29.1 Å². The minimum absolute atomic E-state index is 0.0426. The number of carbonyl (C=O) groups excluding carboxylic acids is 4. The second-order valence-corrected chi connectivity index (χ2v) is 15.3. The first-order valence-electron chi connectivity index (χ1n) is 16.6. The second kappa shape index (κ2) is 14.8. The van der Waals surface area contributed by atoms with Gasteiger partial charge in [-0.15, -0.1) is 0 Å². The number of likely N-dealkylation sites (N-methyl/N-ethyl adjacent to an activating group) is 2. The molecule has 0 saturated carbocycles. The van der Waals surface area contributed by atoms with Crippen LogP contribution in [0.2, 0.25) is 5.02 Å².